The summed E-state index contributed by atoms with van der Waals surface area (Å²) in [4.78, 5) is 23.5. The zero-order chi connectivity index (χ0) is 17.0. The van der Waals surface area contributed by atoms with Gasteiger partial charge in [0.1, 0.15) is 11.4 Å². The van der Waals surface area contributed by atoms with Gasteiger partial charge in [-0.25, -0.2) is 4.68 Å². The van der Waals surface area contributed by atoms with E-state index in [1.165, 1.54) is 19.2 Å². The van der Waals surface area contributed by atoms with Crippen molar-refractivity contribution >= 4 is 5.91 Å². The number of hydrogen-bond donors (Lipinski definition) is 1. The normalized spacial score (nSPS) is 12.0. The Morgan fingerprint density at radius 2 is 1.78 bits per heavy atom. The van der Waals surface area contributed by atoms with E-state index in [1.807, 2.05) is 45.0 Å². The predicted molar refractivity (Wildman–Crippen MR) is 87.6 cm³/mol. The molecule has 1 unspecified atom stereocenters. The lowest BCUT2D eigenvalue weighted by Crippen LogP contribution is -2.30. The van der Waals surface area contributed by atoms with Crippen LogP contribution in [0.2, 0.25) is 0 Å². The highest BCUT2D eigenvalue weighted by atomic mass is 16.5. The Labute approximate surface area is 135 Å². The molecule has 1 aromatic heterocycles. The zero-order valence-electron chi connectivity index (χ0n) is 13.7. The first-order valence-corrected chi connectivity index (χ1v) is 7.48. The zero-order valence-corrected chi connectivity index (χ0v) is 13.7. The Morgan fingerprint density at radius 1 is 1.13 bits per heavy atom. The maximum absolute atomic E-state index is 12.2. The number of amides is 1. The van der Waals surface area contributed by atoms with Crippen LogP contribution < -0.4 is 15.6 Å². The van der Waals surface area contributed by atoms with Crippen LogP contribution in [0.1, 0.15) is 42.9 Å². The predicted octanol–water partition coefficient (Wildman–Crippen LogP) is 2.06. The lowest BCUT2D eigenvalue weighted by molar-refractivity contribution is 0.0932. The molecule has 1 atom stereocenters. The van der Waals surface area contributed by atoms with E-state index >= 15 is 0 Å². The number of benzene rings is 1. The SMILES string of the molecule is CC(C)Oc1ccc(C(C)NC(=O)c2ccc(=O)n(C)n2)cc1. The van der Waals surface area contributed by atoms with Gasteiger partial charge >= 0.3 is 0 Å². The summed E-state index contributed by atoms with van der Waals surface area (Å²) in [7, 11) is 1.51. The number of ether oxygens (including phenoxy) is 1. The number of rotatable bonds is 5. The minimum Gasteiger partial charge on any atom is -0.491 e. The number of aromatic nitrogens is 2. The Morgan fingerprint density at radius 3 is 2.35 bits per heavy atom. The summed E-state index contributed by atoms with van der Waals surface area (Å²) in [5, 5.41) is 6.80. The largest absolute Gasteiger partial charge is 0.491 e. The van der Waals surface area contributed by atoms with Gasteiger partial charge in [-0.3, -0.25) is 9.59 Å². The first kappa shape index (κ1) is 16.7. The molecular weight excluding hydrogens is 294 g/mol. The van der Waals surface area contributed by atoms with Gasteiger partial charge in [-0.1, -0.05) is 12.1 Å². The molecule has 2 aromatic rings. The second kappa shape index (κ2) is 7.09. The number of nitrogens with one attached hydrogen (secondary N) is 1. The number of carbonyl (C=O) groups excluding carboxylic acids is 1. The van der Waals surface area contributed by atoms with Crippen molar-refractivity contribution in [1.29, 1.82) is 0 Å². The Balaban J connectivity index is 2.05. The van der Waals surface area contributed by atoms with Crippen LogP contribution in [0, 0.1) is 0 Å². The van der Waals surface area contributed by atoms with Crippen molar-refractivity contribution < 1.29 is 9.53 Å². The van der Waals surface area contributed by atoms with Crippen molar-refractivity contribution in [2.24, 2.45) is 7.05 Å². The highest BCUT2D eigenvalue weighted by molar-refractivity contribution is 5.92. The molecule has 0 aliphatic rings. The van der Waals surface area contributed by atoms with E-state index in [0.29, 0.717) is 0 Å². The van der Waals surface area contributed by atoms with E-state index < -0.39 is 0 Å². The molecule has 0 aliphatic carbocycles. The van der Waals surface area contributed by atoms with Crippen molar-refractivity contribution in [3.05, 3.63) is 58.0 Å². The minimum absolute atomic E-state index is 0.119. The van der Waals surface area contributed by atoms with Gasteiger partial charge in [-0.05, 0) is 44.5 Å². The molecule has 0 radical (unpaired) electrons. The standard InChI is InChI=1S/C17H21N3O3/c1-11(2)23-14-7-5-13(6-8-14)12(3)18-17(22)15-9-10-16(21)20(4)19-15/h5-12H,1-4H3,(H,18,22). The molecule has 0 fully saturated rings. The van der Waals surface area contributed by atoms with E-state index in [-0.39, 0.29) is 29.3 Å². The average Bonchev–Trinajstić information content (AvgIpc) is 2.50. The third-order valence-electron chi connectivity index (χ3n) is 3.29. The summed E-state index contributed by atoms with van der Waals surface area (Å²) in [6, 6.07) is 10.1. The summed E-state index contributed by atoms with van der Waals surface area (Å²) in [6.45, 7) is 5.83. The highest BCUT2D eigenvalue weighted by Gasteiger charge is 2.13. The van der Waals surface area contributed by atoms with Crippen molar-refractivity contribution in [1.82, 2.24) is 15.1 Å². The number of hydrogen-bond acceptors (Lipinski definition) is 4. The molecule has 6 nitrogen and oxygen atoms in total. The maximum atomic E-state index is 12.2. The number of carbonyl (C=O) groups is 1. The van der Waals surface area contributed by atoms with Crippen molar-refractivity contribution in [2.75, 3.05) is 0 Å². The Hall–Kier alpha value is -2.63. The van der Waals surface area contributed by atoms with E-state index in [2.05, 4.69) is 10.4 Å². The van der Waals surface area contributed by atoms with E-state index in [1.54, 1.807) is 0 Å². The molecule has 1 amide bonds. The Kier molecular flexibility index (Phi) is 5.16. The molecule has 1 heterocycles. The highest BCUT2D eigenvalue weighted by Crippen LogP contribution is 2.18. The lowest BCUT2D eigenvalue weighted by atomic mass is 10.1. The molecule has 6 heteroatoms. The van der Waals surface area contributed by atoms with Gasteiger partial charge in [0.15, 0.2) is 0 Å². The van der Waals surface area contributed by atoms with Crippen LogP contribution >= 0.6 is 0 Å². The first-order chi connectivity index (χ1) is 10.9. The first-order valence-electron chi connectivity index (χ1n) is 7.48. The monoisotopic (exact) mass is 315 g/mol. The lowest BCUT2D eigenvalue weighted by Gasteiger charge is -2.15. The second-order valence-corrected chi connectivity index (χ2v) is 5.61. The summed E-state index contributed by atoms with van der Waals surface area (Å²) >= 11 is 0. The van der Waals surface area contributed by atoms with Crippen molar-refractivity contribution in [3.8, 4) is 5.75 Å². The molecule has 1 aromatic carbocycles. The van der Waals surface area contributed by atoms with Crippen LogP contribution in [0.15, 0.2) is 41.2 Å². The average molecular weight is 315 g/mol. The molecule has 1 N–H and O–H groups in total. The van der Waals surface area contributed by atoms with Crippen LogP contribution in [-0.2, 0) is 7.05 Å². The second-order valence-electron chi connectivity index (χ2n) is 5.61. The van der Waals surface area contributed by atoms with E-state index in [0.717, 1.165) is 16.0 Å². The third-order valence-corrected chi connectivity index (χ3v) is 3.29. The van der Waals surface area contributed by atoms with E-state index in [9.17, 15) is 9.59 Å². The molecule has 0 saturated carbocycles. The third kappa shape index (κ3) is 4.42. The molecular formula is C17H21N3O3. The summed E-state index contributed by atoms with van der Waals surface area (Å²) < 4.78 is 6.73. The van der Waals surface area contributed by atoms with Crippen LogP contribution in [0.5, 0.6) is 5.75 Å². The minimum atomic E-state index is -0.324. The Bertz CT molecular complexity index is 735. The fraction of sp³-hybridized carbons (Fsp3) is 0.353. The molecule has 2 rings (SSSR count). The van der Waals surface area contributed by atoms with Gasteiger partial charge in [-0.2, -0.15) is 5.10 Å². The summed E-state index contributed by atoms with van der Waals surface area (Å²) in [5.74, 6) is 0.470. The molecule has 0 spiro atoms. The number of nitrogens with zero attached hydrogens (tertiary/aromatic N) is 2. The topological polar surface area (TPSA) is 73.2 Å². The fourth-order valence-corrected chi connectivity index (χ4v) is 2.08. The van der Waals surface area contributed by atoms with Crippen molar-refractivity contribution in [2.45, 2.75) is 32.9 Å². The molecule has 0 saturated heterocycles. The van der Waals surface area contributed by atoms with Gasteiger partial charge in [0, 0.05) is 13.1 Å². The molecule has 122 valence electrons. The molecule has 23 heavy (non-hydrogen) atoms. The van der Waals surface area contributed by atoms with Crippen LogP contribution in [0.3, 0.4) is 0 Å². The summed E-state index contributed by atoms with van der Waals surface area (Å²) in [5.41, 5.74) is 0.910. The van der Waals surface area contributed by atoms with Gasteiger partial charge in [0.2, 0.25) is 0 Å². The van der Waals surface area contributed by atoms with Crippen molar-refractivity contribution in [3.63, 3.8) is 0 Å². The number of aryl methyl sites for hydroxylation is 1. The fourth-order valence-electron chi connectivity index (χ4n) is 2.08. The maximum Gasteiger partial charge on any atom is 0.272 e. The van der Waals surface area contributed by atoms with Gasteiger partial charge in [-0.15, -0.1) is 0 Å². The van der Waals surface area contributed by atoms with E-state index in [4.69, 9.17) is 4.74 Å². The van der Waals surface area contributed by atoms with Crippen LogP contribution in [0.25, 0.3) is 0 Å². The van der Waals surface area contributed by atoms with Gasteiger partial charge < -0.3 is 10.1 Å². The van der Waals surface area contributed by atoms with Crippen LogP contribution in [-0.4, -0.2) is 21.8 Å². The molecule has 0 aliphatic heterocycles. The smallest absolute Gasteiger partial charge is 0.272 e. The summed E-state index contributed by atoms with van der Waals surface area (Å²) in [6.07, 6.45) is 0.119. The van der Waals surface area contributed by atoms with Gasteiger partial charge in [0.05, 0.1) is 12.1 Å². The van der Waals surface area contributed by atoms with Crippen LogP contribution in [0.4, 0.5) is 0 Å². The van der Waals surface area contributed by atoms with Gasteiger partial charge in [0.25, 0.3) is 11.5 Å². The quantitative estimate of drug-likeness (QED) is 0.916. The molecule has 0 bridgehead atoms.